The standard InChI is InChI=1S/C24H19BrFN3OS/c25-18-11-12-20(19(26)15-18)27-21(30)13-14-31-24-28-22(16-7-3-1-4-8-16)23(29-24)17-9-5-2-6-10-17/h1-12,15H,13-14H2,(H,27,30)(H,28,29). The third-order valence-corrected chi connectivity index (χ3v) is 5.93. The summed E-state index contributed by atoms with van der Waals surface area (Å²) in [5.41, 5.74) is 4.05. The summed E-state index contributed by atoms with van der Waals surface area (Å²) in [5.74, 6) is -0.201. The second-order valence-electron chi connectivity index (χ2n) is 6.77. The van der Waals surface area contributed by atoms with E-state index in [4.69, 9.17) is 4.98 Å². The summed E-state index contributed by atoms with van der Waals surface area (Å²) in [6.07, 6.45) is 0.238. The zero-order valence-electron chi connectivity index (χ0n) is 16.4. The fourth-order valence-electron chi connectivity index (χ4n) is 3.08. The third kappa shape index (κ3) is 5.42. The van der Waals surface area contributed by atoms with Crippen LogP contribution in [0.5, 0.6) is 0 Å². The number of nitrogens with zero attached hydrogens (tertiary/aromatic N) is 1. The van der Waals surface area contributed by atoms with E-state index >= 15 is 0 Å². The molecule has 1 aromatic heterocycles. The van der Waals surface area contributed by atoms with Gasteiger partial charge in [0.2, 0.25) is 5.91 Å². The van der Waals surface area contributed by atoms with Crippen molar-refractivity contribution in [2.75, 3.05) is 11.1 Å². The third-order valence-electron chi connectivity index (χ3n) is 4.56. The number of imidazole rings is 1. The van der Waals surface area contributed by atoms with E-state index in [0.717, 1.165) is 27.7 Å². The molecule has 31 heavy (non-hydrogen) atoms. The van der Waals surface area contributed by atoms with Gasteiger partial charge in [-0.25, -0.2) is 9.37 Å². The Hall–Kier alpha value is -2.90. The first-order chi connectivity index (χ1) is 15.1. The van der Waals surface area contributed by atoms with E-state index in [1.54, 1.807) is 6.07 Å². The molecule has 4 nitrogen and oxygen atoms in total. The molecule has 4 rings (SSSR count). The van der Waals surface area contributed by atoms with Crippen molar-refractivity contribution >= 4 is 39.3 Å². The molecule has 0 aliphatic heterocycles. The summed E-state index contributed by atoms with van der Waals surface area (Å²) < 4.78 is 14.5. The number of carbonyl (C=O) groups excluding carboxylic acids is 1. The first kappa shape index (κ1) is 21.3. The molecular formula is C24H19BrFN3OS. The number of rotatable bonds is 7. The van der Waals surface area contributed by atoms with Crippen LogP contribution < -0.4 is 5.32 Å². The van der Waals surface area contributed by atoms with Crippen molar-refractivity contribution in [2.24, 2.45) is 0 Å². The van der Waals surface area contributed by atoms with E-state index in [2.05, 4.69) is 26.2 Å². The van der Waals surface area contributed by atoms with E-state index in [1.807, 2.05) is 60.7 Å². The SMILES string of the molecule is O=C(CCSc1nc(-c2ccccc2)c(-c2ccccc2)[nH]1)Nc1ccc(Br)cc1F. The van der Waals surface area contributed by atoms with Crippen molar-refractivity contribution < 1.29 is 9.18 Å². The normalized spacial score (nSPS) is 10.8. The van der Waals surface area contributed by atoms with Gasteiger partial charge >= 0.3 is 0 Å². The molecule has 7 heteroatoms. The quantitative estimate of drug-likeness (QED) is 0.278. The Morgan fingerprint density at radius 2 is 1.68 bits per heavy atom. The first-order valence-corrected chi connectivity index (χ1v) is 11.5. The van der Waals surface area contributed by atoms with Gasteiger partial charge in [0.05, 0.1) is 17.1 Å². The van der Waals surface area contributed by atoms with Crippen LogP contribution in [0.3, 0.4) is 0 Å². The summed E-state index contributed by atoms with van der Waals surface area (Å²) in [6.45, 7) is 0. The Balaban J connectivity index is 1.45. The van der Waals surface area contributed by atoms with Crippen molar-refractivity contribution in [3.8, 4) is 22.5 Å². The Labute approximate surface area is 192 Å². The number of aromatic nitrogens is 2. The molecule has 1 heterocycles. The highest BCUT2D eigenvalue weighted by atomic mass is 79.9. The van der Waals surface area contributed by atoms with Crippen LogP contribution in [0.1, 0.15) is 6.42 Å². The number of carbonyl (C=O) groups is 1. The fourth-order valence-corrected chi connectivity index (χ4v) is 4.23. The van der Waals surface area contributed by atoms with Crippen LogP contribution in [-0.4, -0.2) is 21.6 Å². The molecule has 0 saturated heterocycles. The van der Waals surface area contributed by atoms with E-state index in [-0.39, 0.29) is 18.0 Å². The molecule has 2 N–H and O–H groups in total. The molecule has 0 spiro atoms. The van der Waals surface area contributed by atoms with Crippen LogP contribution in [0, 0.1) is 5.82 Å². The molecule has 156 valence electrons. The van der Waals surface area contributed by atoms with Crippen LogP contribution in [0.15, 0.2) is 88.5 Å². The zero-order chi connectivity index (χ0) is 21.6. The van der Waals surface area contributed by atoms with Gasteiger partial charge in [0.25, 0.3) is 0 Å². The highest BCUT2D eigenvalue weighted by molar-refractivity contribution is 9.10. The minimum atomic E-state index is -0.471. The predicted molar refractivity (Wildman–Crippen MR) is 128 cm³/mol. The number of benzene rings is 3. The summed E-state index contributed by atoms with van der Waals surface area (Å²) in [6, 6.07) is 24.6. The van der Waals surface area contributed by atoms with Gasteiger partial charge in [-0.3, -0.25) is 4.79 Å². The monoisotopic (exact) mass is 495 g/mol. The number of halogens is 2. The predicted octanol–water partition coefficient (Wildman–Crippen LogP) is 6.77. The largest absolute Gasteiger partial charge is 0.332 e. The second kappa shape index (κ2) is 9.94. The topological polar surface area (TPSA) is 57.8 Å². The summed E-state index contributed by atoms with van der Waals surface area (Å²) >= 11 is 4.67. The van der Waals surface area contributed by atoms with E-state index in [0.29, 0.717) is 10.2 Å². The highest BCUT2D eigenvalue weighted by Gasteiger charge is 2.15. The first-order valence-electron chi connectivity index (χ1n) is 9.69. The van der Waals surface area contributed by atoms with Gasteiger partial charge in [-0.15, -0.1) is 0 Å². The number of anilines is 1. The lowest BCUT2D eigenvalue weighted by Crippen LogP contribution is -2.13. The molecule has 0 bridgehead atoms. The number of hydrogen-bond acceptors (Lipinski definition) is 3. The van der Waals surface area contributed by atoms with Gasteiger partial charge in [-0.2, -0.15) is 0 Å². The molecule has 0 atom stereocenters. The van der Waals surface area contributed by atoms with E-state index in [9.17, 15) is 9.18 Å². The highest BCUT2D eigenvalue weighted by Crippen LogP contribution is 2.32. The average Bonchev–Trinajstić information content (AvgIpc) is 3.21. The number of thioether (sulfide) groups is 1. The molecule has 3 aromatic carbocycles. The van der Waals surface area contributed by atoms with Crippen LogP contribution in [0.2, 0.25) is 0 Å². The number of nitrogens with one attached hydrogen (secondary N) is 2. The lowest BCUT2D eigenvalue weighted by atomic mass is 10.1. The fraction of sp³-hybridized carbons (Fsp3) is 0.0833. The Morgan fingerprint density at radius 1 is 1.00 bits per heavy atom. The summed E-state index contributed by atoms with van der Waals surface area (Å²) in [5, 5.41) is 3.35. The van der Waals surface area contributed by atoms with Gasteiger partial charge in [-0.1, -0.05) is 88.4 Å². The number of aromatic amines is 1. The Kier molecular flexibility index (Phi) is 6.84. The van der Waals surface area contributed by atoms with Gasteiger partial charge in [0.15, 0.2) is 5.16 Å². The van der Waals surface area contributed by atoms with E-state index in [1.165, 1.54) is 23.9 Å². The molecule has 0 unspecified atom stereocenters. The van der Waals surface area contributed by atoms with Gasteiger partial charge in [-0.05, 0) is 18.2 Å². The number of amides is 1. The van der Waals surface area contributed by atoms with Crippen LogP contribution >= 0.6 is 27.7 Å². The second-order valence-corrected chi connectivity index (χ2v) is 8.77. The maximum absolute atomic E-state index is 13.9. The van der Waals surface area contributed by atoms with Crippen molar-refractivity contribution in [1.29, 1.82) is 0 Å². The number of hydrogen-bond donors (Lipinski definition) is 2. The zero-order valence-corrected chi connectivity index (χ0v) is 18.8. The number of H-pyrrole nitrogens is 1. The van der Waals surface area contributed by atoms with Gasteiger partial charge in [0.1, 0.15) is 5.82 Å². The van der Waals surface area contributed by atoms with Crippen LogP contribution in [-0.2, 0) is 4.79 Å². The molecule has 1 amide bonds. The van der Waals surface area contributed by atoms with Crippen molar-refractivity contribution in [1.82, 2.24) is 9.97 Å². The van der Waals surface area contributed by atoms with Crippen molar-refractivity contribution in [2.45, 2.75) is 11.6 Å². The minimum Gasteiger partial charge on any atom is -0.332 e. The van der Waals surface area contributed by atoms with E-state index < -0.39 is 5.82 Å². The molecule has 0 aliphatic carbocycles. The minimum absolute atomic E-state index is 0.175. The molecular weight excluding hydrogens is 477 g/mol. The molecule has 0 saturated carbocycles. The lowest BCUT2D eigenvalue weighted by Gasteiger charge is -2.06. The van der Waals surface area contributed by atoms with Gasteiger partial charge < -0.3 is 10.3 Å². The van der Waals surface area contributed by atoms with Crippen molar-refractivity contribution in [3.05, 3.63) is 89.2 Å². The maximum Gasteiger partial charge on any atom is 0.225 e. The van der Waals surface area contributed by atoms with Gasteiger partial charge in [0, 0.05) is 27.8 Å². The average molecular weight is 496 g/mol. The lowest BCUT2D eigenvalue weighted by molar-refractivity contribution is -0.115. The maximum atomic E-state index is 13.9. The van der Waals surface area contributed by atoms with Crippen LogP contribution in [0.4, 0.5) is 10.1 Å². The Bertz CT molecular complexity index is 1130. The molecule has 0 aliphatic rings. The molecule has 0 fully saturated rings. The summed E-state index contributed by atoms with van der Waals surface area (Å²) in [7, 11) is 0. The van der Waals surface area contributed by atoms with Crippen molar-refractivity contribution in [3.63, 3.8) is 0 Å². The molecule has 4 aromatic rings. The Morgan fingerprint density at radius 3 is 2.35 bits per heavy atom. The smallest absolute Gasteiger partial charge is 0.225 e. The molecule has 0 radical (unpaired) electrons. The summed E-state index contributed by atoms with van der Waals surface area (Å²) in [4.78, 5) is 20.4. The van der Waals surface area contributed by atoms with Crippen LogP contribution in [0.25, 0.3) is 22.5 Å².